The zero-order valence-corrected chi connectivity index (χ0v) is 8.68. The Kier molecular flexibility index (Phi) is 2.96. The molecule has 2 N–H and O–H groups in total. The Morgan fingerprint density at radius 1 is 1.44 bits per heavy atom. The van der Waals surface area contributed by atoms with Crippen LogP contribution in [0.5, 0.6) is 0 Å². The summed E-state index contributed by atoms with van der Waals surface area (Å²) < 4.78 is 35.7. The highest BCUT2D eigenvalue weighted by atomic mass is 19.4. The summed E-state index contributed by atoms with van der Waals surface area (Å²) in [5.74, 6) is 0.400. The average molecular weight is 237 g/mol. The predicted octanol–water partition coefficient (Wildman–Crippen LogP) is 0.552. The van der Waals surface area contributed by atoms with Crippen LogP contribution in [0.4, 0.5) is 18.0 Å². The van der Waals surface area contributed by atoms with Crippen LogP contribution in [0.2, 0.25) is 0 Å². The molecule has 2 heterocycles. The lowest BCUT2D eigenvalue weighted by Gasteiger charge is -2.18. The molecule has 2 atom stereocenters. The Morgan fingerprint density at radius 3 is 2.81 bits per heavy atom. The van der Waals surface area contributed by atoms with Crippen LogP contribution in [0, 0.1) is 5.92 Å². The molecule has 2 aliphatic rings. The van der Waals surface area contributed by atoms with Gasteiger partial charge in [0.2, 0.25) is 0 Å². The Balaban J connectivity index is 1.79. The molecule has 2 rings (SSSR count). The standard InChI is InChI=1S/C9H14F3N3O/c10-9(11,12)5-14-8(16)15-3-6-1-2-13-7(6)4-15/h6-7,13H,1-5H2,(H,14,16)/t6-,7+/m0/s1. The van der Waals surface area contributed by atoms with Gasteiger partial charge in [-0.3, -0.25) is 0 Å². The van der Waals surface area contributed by atoms with E-state index in [4.69, 9.17) is 0 Å². The maximum absolute atomic E-state index is 11.9. The van der Waals surface area contributed by atoms with Gasteiger partial charge in [-0.2, -0.15) is 13.2 Å². The van der Waals surface area contributed by atoms with E-state index in [1.54, 1.807) is 0 Å². The molecule has 7 heteroatoms. The number of alkyl halides is 3. The monoisotopic (exact) mass is 237 g/mol. The third-order valence-corrected chi connectivity index (χ3v) is 3.09. The van der Waals surface area contributed by atoms with Crippen LogP contribution in [-0.2, 0) is 0 Å². The molecule has 0 bridgehead atoms. The molecule has 2 aliphatic heterocycles. The van der Waals surface area contributed by atoms with Crippen LogP contribution < -0.4 is 10.6 Å². The van der Waals surface area contributed by atoms with Crippen LogP contribution in [0.15, 0.2) is 0 Å². The molecule has 92 valence electrons. The summed E-state index contributed by atoms with van der Waals surface area (Å²) >= 11 is 0. The first-order valence-corrected chi connectivity index (χ1v) is 5.28. The highest BCUT2D eigenvalue weighted by molar-refractivity contribution is 5.74. The van der Waals surface area contributed by atoms with Crippen molar-refractivity contribution in [3.05, 3.63) is 0 Å². The second-order valence-electron chi connectivity index (χ2n) is 4.29. The van der Waals surface area contributed by atoms with E-state index in [2.05, 4.69) is 5.32 Å². The van der Waals surface area contributed by atoms with Crippen molar-refractivity contribution in [3.63, 3.8) is 0 Å². The number of amides is 2. The van der Waals surface area contributed by atoms with Gasteiger partial charge in [-0.05, 0) is 18.9 Å². The first-order chi connectivity index (χ1) is 7.46. The summed E-state index contributed by atoms with van der Waals surface area (Å²) in [5, 5.41) is 5.12. The highest BCUT2D eigenvalue weighted by Crippen LogP contribution is 2.24. The van der Waals surface area contributed by atoms with Gasteiger partial charge in [0.25, 0.3) is 0 Å². The fraction of sp³-hybridized carbons (Fsp3) is 0.889. The van der Waals surface area contributed by atoms with Crippen LogP contribution in [-0.4, -0.2) is 49.3 Å². The lowest BCUT2D eigenvalue weighted by Crippen LogP contribution is -2.44. The van der Waals surface area contributed by atoms with Crippen molar-refractivity contribution in [2.75, 3.05) is 26.2 Å². The normalized spacial score (nSPS) is 29.3. The van der Waals surface area contributed by atoms with E-state index >= 15 is 0 Å². The van der Waals surface area contributed by atoms with Crippen molar-refractivity contribution in [2.45, 2.75) is 18.6 Å². The van der Waals surface area contributed by atoms with E-state index in [1.165, 1.54) is 4.90 Å². The largest absolute Gasteiger partial charge is 0.405 e. The van der Waals surface area contributed by atoms with Gasteiger partial charge >= 0.3 is 12.2 Å². The number of rotatable bonds is 1. The third kappa shape index (κ3) is 2.58. The lowest BCUT2D eigenvalue weighted by molar-refractivity contribution is -0.123. The van der Waals surface area contributed by atoms with E-state index in [0.29, 0.717) is 19.0 Å². The van der Waals surface area contributed by atoms with E-state index in [9.17, 15) is 18.0 Å². The van der Waals surface area contributed by atoms with Gasteiger partial charge in [0.1, 0.15) is 6.54 Å². The van der Waals surface area contributed by atoms with Crippen molar-refractivity contribution >= 4 is 6.03 Å². The topological polar surface area (TPSA) is 44.4 Å². The van der Waals surface area contributed by atoms with Crippen LogP contribution in [0.25, 0.3) is 0 Å². The summed E-state index contributed by atoms with van der Waals surface area (Å²) in [5.41, 5.74) is 0. The van der Waals surface area contributed by atoms with Gasteiger partial charge in [-0.25, -0.2) is 4.79 Å². The van der Waals surface area contributed by atoms with E-state index in [0.717, 1.165) is 13.0 Å². The number of nitrogens with one attached hydrogen (secondary N) is 2. The van der Waals surface area contributed by atoms with Gasteiger partial charge in [0.05, 0.1) is 0 Å². The molecule has 0 unspecified atom stereocenters. The Morgan fingerprint density at radius 2 is 2.19 bits per heavy atom. The van der Waals surface area contributed by atoms with Crippen molar-refractivity contribution in [1.82, 2.24) is 15.5 Å². The highest BCUT2D eigenvalue weighted by Gasteiger charge is 2.38. The molecule has 0 aliphatic carbocycles. The number of urea groups is 1. The van der Waals surface area contributed by atoms with Crippen LogP contribution >= 0.6 is 0 Å². The molecule has 4 nitrogen and oxygen atoms in total. The molecule has 0 spiro atoms. The van der Waals surface area contributed by atoms with Crippen molar-refractivity contribution < 1.29 is 18.0 Å². The Bertz CT molecular complexity index is 270. The molecule has 2 saturated heterocycles. The molecule has 0 aromatic carbocycles. The summed E-state index contributed by atoms with van der Waals surface area (Å²) in [4.78, 5) is 12.9. The molecule has 0 aromatic rings. The minimum atomic E-state index is -4.34. The number of nitrogens with zero attached hydrogens (tertiary/aromatic N) is 1. The van der Waals surface area contributed by atoms with Gasteiger partial charge in [-0.15, -0.1) is 0 Å². The number of fused-ring (bicyclic) bond motifs is 1. The molecule has 0 aromatic heterocycles. The molecule has 2 fully saturated rings. The third-order valence-electron chi connectivity index (χ3n) is 3.09. The number of hydrogen-bond acceptors (Lipinski definition) is 2. The van der Waals surface area contributed by atoms with Crippen molar-refractivity contribution in [3.8, 4) is 0 Å². The summed E-state index contributed by atoms with van der Waals surface area (Å²) in [6, 6.07) is -0.356. The molecular weight excluding hydrogens is 223 g/mol. The number of hydrogen-bond donors (Lipinski definition) is 2. The van der Waals surface area contributed by atoms with Gasteiger partial charge in [0, 0.05) is 19.1 Å². The maximum Gasteiger partial charge on any atom is 0.405 e. The Hall–Kier alpha value is -0.980. The molecule has 0 radical (unpaired) electrons. The first kappa shape index (κ1) is 11.5. The zero-order chi connectivity index (χ0) is 11.8. The smallest absolute Gasteiger partial charge is 0.329 e. The predicted molar refractivity (Wildman–Crippen MR) is 50.9 cm³/mol. The van der Waals surface area contributed by atoms with E-state index in [1.807, 2.05) is 5.32 Å². The molecule has 16 heavy (non-hydrogen) atoms. The summed E-state index contributed by atoms with van der Waals surface area (Å²) in [6.45, 7) is 0.744. The fourth-order valence-electron chi connectivity index (χ4n) is 2.30. The molecule has 0 saturated carbocycles. The second-order valence-corrected chi connectivity index (χ2v) is 4.29. The average Bonchev–Trinajstić information content (AvgIpc) is 2.71. The van der Waals surface area contributed by atoms with Gasteiger partial charge in [-0.1, -0.05) is 0 Å². The van der Waals surface area contributed by atoms with E-state index in [-0.39, 0.29) is 6.04 Å². The molecule has 2 amide bonds. The van der Waals surface area contributed by atoms with Crippen LogP contribution in [0.3, 0.4) is 0 Å². The lowest BCUT2D eigenvalue weighted by atomic mass is 10.1. The minimum absolute atomic E-state index is 0.261. The van der Waals surface area contributed by atoms with Crippen LogP contribution in [0.1, 0.15) is 6.42 Å². The van der Waals surface area contributed by atoms with E-state index < -0.39 is 18.8 Å². The first-order valence-electron chi connectivity index (χ1n) is 5.28. The zero-order valence-electron chi connectivity index (χ0n) is 8.68. The van der Waals surface area contributed by atoms with Crippen molar-refractivity contribution in [1.29, 1.82) is 0 Å². The van der Waals surface area contributed by atoms with Gasteiger partial charge in [0.15, 0.2) is 0 Å². The Labute approximate surface area is 91.2 Å². The second kappa shape index (κ2) is 4.12. The number of halogens is 3. The van der Waals surface area contributed by atoms with Gasteiger partial charge < -0.3 is 15.5 Å². The number of likely N-dealkylation sites (tertiary alicyclic amines) is 1. The fourth-order valence-corrected chi connectivity index (χ4v) is 2.30. The number of carbonyl (C=O) groups is 1. The van der Waals surface area contributed by atoms with Crippen molar-refractivity contribution in [2.24, 2.45) is 5.92 Å². The molecular formula is C9H14F3N3O. The summed E-state index contributed by atoms with van der Waals surface area (Å²) in [6.07, 6.45) is -3.35. The number of carbonyl (C=O) groups excluding carboxylic acids is 1. The summed E-state index contributed by atoms with van der Waals surface area (Å²) in [7, 11) is 0. The maximum atomic E-state index is 11.9. The SMILES string of the molecule is O=C(NCC(F)(F)F)N1C[C@@H]2CCN[C@@H]2C1. The quantitative estimate of drug-likeness (QED) is 0.699. The minimum Gasteiger partial charge on any atom is -0.329 e.